The number of hydrogen-bond donors (Lipinski definition) is 0. The maximum atomic E-state index is 6.96. The van der Waals surface area contributed by atoms with Gasteiger partial charge in [-0.25, -0.2) is 0 Å². The van der Waals surface area contributed by atoms with Crippen molar-refractivity contribution in [3.63, 3.8) is 0 Å². The first-order valence-electron chi connectivity index (χ1n) is 19.1. The summed E-state index contributed by atoms with van der Waals surface area (Å²) in [6.07, 6.45) is 0. The predicted molar refractivity (Wildman–Crippen MR) is 231 cm³/mol. The first kappa shape index (κ1) is 30.7. The highest BCUT2D eigenvalue weighted by molar-refractivity contribution is 7.26. The topological polar surface area (TPSA) is 19.6 Å². The van der Waals surface area contributed by atoms with Crippen LogP contribution in [0.25, 0.3) is 53.2 Å². The van der Waals surface area contributed by atoms with Gasteiger partial charge in [-0.15, -0.1) is 11.3 Å². The van der Waals surface area contributed by atoms with Crippen LogP contribution in [-0.2, 0) is 10.8 Å². The van der Waals surface area contributed by atoms with Crippen LogP contribution in [0.2, 0.25) is 0 Å². The van der Waals surface area contributed by atoms with Crippen LogP contribution in [0.5, 0.6) is 0 Å². The van der Waals surface area contributed by atoms with E-state index in [1.807, 2.05) is 11.3 Å². The lowest BCUT2D eigenvalue weighted by molar-refractivity contribution is 0.590. The smallest absolute Gasteiger partial charge is 0.333 e. The van der Waals surface area contributed by atoms with Crippen LogP contribution in [0.3, 0.4) is 0 Å². The number of nitrogens with zero attached hydrogens (tertiary/aromatic N) is 2. The predicted octanol–water partition coefficient (Wildman–Crippen LogP) is 12.6. The first-order valence-corrected chi connectivity index (χ1v) is 19.9. The summed E-state index contributed by atoms with van der Waals surface area (Å²) in [6.45, 7) is 11.6. The molecule has 3 nitrogen and oxygen atoms in total. The number of fused-ring (bicyclic) bond motifs is 14. The number of thiophene rings is 1. The molecule has 0 spiro atoms. The van der Waals surface area contributed by atoms with E-state index >= 15 is 0 Å². The van der Waals surface area contributed by atoms with Crippen molar-refractivity contribution in [3.05, 3.63) is 150 Å². The molecule has 0 aliphatic carbocycles. The fourth-order valence-electron chi connectivity index (χ4n) is 10.0. The van der Waals surface area contributed by atoms with Crippen LogP contribution >= 0.6 is 11.3 Å². The van der Waals surface area contributed by atoms with E-state index in [0.29, 0.717) is 0 Å². The minimum atomic E-state index is -0.182. The second-order valence-corrected chi connectivity index (χ2v) is 17.9. The van der Waals surface area contributed by atoms with Crippen LogP contribution in [0.15, 0.2) is 138 Å². The molecule has 54 heavy (non-hydrogen) atoms. The summed E-state index contributed by atoms with van der Waals surface area (Å²) in [4.78, 5) is 5.27. The summed E-state index contributed by atoms with van der Waals surface area (Å²) in [5, 5.41) is 4.90. The molecule has 5 heteroatoms. The molecule has 0 saturated carbocycles. The Labute approximate surface area is 319 Å². The number of para-hydroxylation sites is 3. The van der Waals surface area contributed by atoms with Crippen molar-refractivity contribution in [2.45, 2.75) is 45.4 Å². The van der Waals surface area contributed by atoms with E-state index in [-0.39, 0.29) is 17.7 Å². The zero-order valence-electron chi connectivity index (χ0n) is 31.0. The Kier molecular flexibility index (Phi) is 5.82. The summed E-state index contributed by atoms with van der Waals surface area (Å²) >= 11 is 1.93. The van der Waals surface area contributed by atoms with E-state index in [9.17, 15) is 0 Å². The van der Waals surface area contributed by atoms with Crippen molar-refractivity contribution < 1.29 is 4.42 Å². The number of rotatable bonds is 1. The molecule has 3 aliphatic heterocycles. The number of anilines is 5. The van der Waals surface area contributed by atoms with Crippen molar-refractivity contribution >= 4 is 99.7 Å². The molecule has 258 valence electrons. The quantitative estimate of drug-likeness (QED) is 0.158. The maximum Gasteiger partial charge on any atom is 0.333 e. The fraction of sp³-hybridized carbons (Fsp3) is 0.143. The SMILES string of the molecule is CC(C)(C)c1ccc(N2B3c4cccc5c4N(c4ccccc4C5(C)C)c4c3c(cc3c4sc4ccccc43)-c3c2ccc2c3oc3ccccc32)cc1. The lowest BCUT2D eigenvalue weighted by Gasteiger charge is -2.50. The van der Waals surface area contributed by atoms with Gasteiger partial charge in [-0.05, 0) is 87.1 Å². The molecule has 0 radical (unpaired) electrons. The van der Waals surface area contributed by atoms with Gasteiger partial charge in [0.05, 0.1) is 16.1 Å². The Hall–Kier alpha value is -5.78. The van der Waals surface area contributed by atoms with Gasteiger partial charge in [0.1, 0.15) is 11.2 Å². The van der Waals surface area contributed by atoms with E-state index < -0.39 is 0 Å². The third-order valence-electron chi connectivity index (χ3n) is 12.6. The number of furan rings is 1. The van der Waals surface area contributed by atoms with Crippen molar-refractivity contribution in [1.82, 2.24) is 0 Å². The molecular weight excluding hydrogens is 675 g/mol. The number of hydrogen-bond acceptors (Lipinski definition) is 4. The molecule has 0 bridgehead atoms. The molecule has 7 aromatic carbocycles. The number of benzene rings is 7. The van der Waals surface area contributed by atoms with Crippen LogP contribution < -0.4 is 20.6 Å². The fourth-order valence-corrected chi connectivity index (χ4v) is 11.2. The second kappa shape index (κ2) is 10.2. The third-order valence-corrected chi connectivity index (χ3v) is 13.8. The minimum Gasteiger partial charge on any atom is -0.455 e. The van der Waals surface area contributed by atoms with Crippen LogP contribution in [0, 0.1) is 0 Å². The standard InChI is InChI=1S/C49H37BN2OS/c1-48(2,3)28-21-23-29(24-22-28)52-39-26-25-32-30-13-6-10-19-40(30)53-46(32)42(39)34-27-33-31-14-7-11-20-41(31)54-47(33)45-43(34)50(52)37-17-12-16-36-44(37)51(45)38-18-9-8-15-35(38)49(36,4)5/h6-27H,1-5H3. The largest absolute Gasteiger partial charge is 0.455 e. The molecule has 0 unspecified atom stereocenters. The average Bonchev–Trinajstić information content (AvgIpc) is 3.75. The minimum absolute atomic E-state index is 0.0497. The Balaban J connectivity index is 1.30. The molecule has 0 atom stereocenters. The molecule has 9 aromatic rings. The molecule has 12 rings (SSSR count). The van der Waals surface area contributed by atoms with Crippen LogP contribution in [-0.4, -0.2) is 6.85 Å². The molecule has 3 aliphatic rings. The monoisotopic (exact) mass is 712 g/mol. The van der Waals surface area contributed by atoms with E-state index in [4.69, 9.17) is 4.42 Å². The molecular formula is C49H37BN2OS. The Morgan fingerprint density at radius 3 is 2.22 bits per heavy atom. The molecule has 0 amide bonds. The van der Waals surface area contributed by atoms with E-state index in [1.54, 1.807) is 0 Å². The van der Waals surface area contributed by atoms with E-state index in [0.717, 1.165) is 21.9 Å². The average molecular weight is 713 g/mol. The van der Waals surface area contributed by atoms with Gasteiger partial charge in [-0.1, -0.05) is 120 Å². The van der Waals surface area contributed by atoms with Gasteiger partial charge in [0.25, 0.3) is 0 Å². The van der Waals surface area contributed by atoms with Crippen molar-refractivity contribution in [3.8, 4) is 11.1 Å². The highest BCUT2D eigenvalue weighted by atomic mass is 32.1. The lowest BCUT2D eigenvalue weighted by atomic mass is 9.42. The maximum absolute atomic E-state index is 6.96. The van der Waals surface area contributed by atoms with E-state index in [2.05, 4.69) is 178 Å². The van der Waals surface area contributed by atoms with Gasteiger partial charge >= 0.3 is 6.85 Å². The van der Waals surface area contributed by atoms with Crippen molar-refractivity contribution in [1.29, 1.82) is 0 Å². The molecule has 0 fully saturated rings. The van der Waals surface area contributed by atoms with Crippen molar-refractivity contribution in [2.75, 3.05) is 9.71 Å². The summed E-state index contributed by atoms with van der Waals surface area (Å²) in [7, 11) is 0. The van der Waals surface area contributed by atoms with Gasteiger partial charge < -0.3 is 14.1 Å². The van der Waals surface area contributed by atoms with Crippen molar-refractivity contribution in [2.24, 2.45) is 0 Å². The Bertz CT molecular complexity index is 3090. The zero-order valence-corrected chi connectivity index (χ0v) is 31.8. The van der Waals surface area contributed by atoms with Crippen LogP contribution in [0.1, 0.15) is 51.3 Å². The van der Waals surface area contributed by atoms with Gasteiger partial charge in [-0.2, -0.15) is 0 Å². The zero-order chi connectivity index (χ0) is 36.2. The molecule has 0 saturated heterocycles. The Morgan fingerprint density at radius 2 is 1.39 bits per heavy atom. The van der Waals surface area contributed by atoms with Crippen LogP contribution in [0.4, 0.5) is 28.4 Å². The van der Waals surface area contributed by atoms with Gasteiger partial charge in [0.15, 0.2) is 0 Å². The summed E-state index contributed by atoms with van der Waals surface area (Å²) in [5.74, 6) is 0. The third kappa shape index (κ3) is 3.78. The Morgan fingerprint density at radius 1 is 0.648 bits per heavy atom. The van der Waals surface area contributed by atoms with Gasteiger partial charge in [0.2, 0.25) is 0 Å². The normalized spacial score (nSPS) is 15.2. The molecule has 2 aromatic heterocycles. The molecule has 5 heterocycles. The van der Waals surface area contributed by atoms with E-state index in [1.165, 1.54) is 87.4 Å². The highest BCUT2D eigenvalue weighted by Crippen LogP contribution is 2.58. The molecule has 0 N–H and O–H groups in total. The highest BCUT2D eigenvalue weighted by Gasteiger charge is 2.50. The lowest BCUT2D eigenvalue weighted by Crippen LogP contribution is -2.62. The second-order valence-electron chi connectivity index (χ2n) is 16.9. The summed E-state index contributed by atoms with van der Waals surface area (Å²) in [6, 6.07) is 50.1. The summed E-state index contributed by atoms with van der Waals surface area (Å²) in [5.41, 5.74) is 17.1. The van der Waals surface area contributed by atoms with Gasteiger partial charge in [0, 0.05) is 54.3 Å². The summed E-state index contributed by atoms with van der Waals surface area (Å²) < 4.78 is 9.60. The first-order chi connectivity index (χ1) is 26.2. The van der Waals surface area contributed by atoms with Gasteiger partial charge in [-0.3, -0.25) is 0 Å².